The number of anilines is 1. The summed E-state index contributed by atoms with van der Waals surface area (Å²) >= 11 is 6.97. The second-order valence-corrected chi connectivity index (χ2v) is 5.12. The predicted molar refractivity (Wildman–Crippen MR) is 74.5 cm³/mol. The molecule has 0 aliphatic rings. The van der Waals surface area contributed by atoms with E-state index in [4.69, 9.17) is 4.74 Å². The third-order valence-electron chi connectivity index (χ3n) is 2.14. The fourth-order valence-electron chi connectivity index (χ4n) is 1.41. The normalized spacial score (nSPS) is 10.4. The highest BCUT2D eigenvalue weighted by atomic mass is 79.9. The molecule has 2 aromatic rings. The van der Waals surface area contributed by atoms with Crippen molar-refractivity contribution in [3.8, 4) is 5.75 Å². The highest BCUT2D eigenvalue weighted by Gasteiger charge is 2.08. The Morgan fingerprint density at radius 1 is 1.33 bits per heavy atom. The lowest BCUT2D eigenvalue weighted by molar-refractivity contribution is 0.336. The van der Waals surface area contributed by atoms with Crippen LogP contribution in [0.2, 0.25) is 0 Å². The summed E-state index contributed by atoms with van der Waals surface area (Å²) in [5, 5.41) is 16.5. The van der Waals surface area contributed by atoms with E-state index in [0.717, 1.165) is 20.3 Å². The van der Waals surface area contributed by atoms with Crippen molar-refractivity contribution in [3.05, 3.63) is 26.6 Å². The summed E-state index contributed by atoms with van der Waals surface area (Å²) in [4.78, 5) is 0. The molecule has 1 heterocycles. The molecule has 0 bridgehead atoms. The smallest absolute Gasteiger partial charge is 0.263 e. The van der Waals surface area contributed by atoms with Crippen LogP contribution in [0.1, 0.15) is 12.5 Å². The number of H-pyrrole nitrogens is 1. The van der Waals surface area contributed by atoms with Crippen LogP contribution in [-0.4, -0.2) is 27.2 Å². The van der Waals surface area contributed by atoms with E-state index < -0.39 is 0 Å². The van der Waals surface area contributed by atoms with Gasteiger partial charge in [0.1, 0.15) is 5.75 Å². The molecule has 0 aliphatic heterocycles. The minimum absolute atomic E-state index is 0.469. The molecule has 8 heteroatoms. The predicted octanol–water partition coefficient (Wildman–Crippen LogP) is 2.74. The van der Waals surface area contributed by atoms with Gasteiger partial charge in [0.15, 0.2) is 0 Å². The van der Waals surface area contributed by atoms with Crippen molar-refractivity contribution >= 4 is 37.8 Å². The number of hydrogen-bond acceptors (Lipinski definition) is 5. The number of tetrazole rings is 1. The van der Waals surface area contributed by atoms with E-state index in [-0.39, 0.29) is 0 Å². The maximum atomic E-state index is 5.52. The highest BCUT2D eigenvalue weighted by molar-refractivity contribution is 9.11. The van der Waals surface area contributed by atoms with E-state index in [1.807, 2.05) is 19.1 Å². The fourth-order valence-corrected chi connectivity index (χ4v) is 2.92. The Kier molecular flexibility index (Phi) is 4.54. The molecule has 0 aliphatic carbocycles. The van der Waals surface area contributed by atoms with Gasteiger partial charge >= 0.3 is 0 Å². The first-order valence-electron chi connectivity index (χ1n) is 5.28. The van der Waals surface area contributed by atoms with Gasteiger partial charge in [0.25, 0.3) is 5.95 Å². The zero-order valence-electron chi connectivity index (χ0n) is 9.57. The number of halogens is 2. The van der Waals surface area contributed by atoms with E-state index in [1.54, 1.807) is 0 Å². The van der Waals surface area contributed by atoms with Crippen molar-refractivity contribution in [1.82, 2.24) is 20.6 Å². The molecule has 6 nitrogen and oxygen atoms in total. The van der Waals surface area contributed by atoms with Crippen LogP contribution >= 0.6 is 31.9 Å². The van der Waals surface area contributed by atoms with Gasteiger partial charge < -0.3 is 10.1 Å². The largest absolute Gasteiger partial charge is 0.492 e. The Morgan fingerprint density at radius 2 is 2.06 bits per heavy atom. The van der Waals surface area contributed by atoms with Gasteiger partial charge in [-0.3, -0.25) is 0 Å². The summed E-state index contributed by atoms with van der Waals surface area (Å²) in [6, 6.07) is 3.98. The SMILES string of the molecule is CCOc1c(Br)cc(CNc2nn[nH]n2)cc1Br. The third kappa shape index (κ3) is 3.20. The number of nitrogens with one attached hydrogen (secondary N) is 2. The lowest BCUT2D eigenvalue weighted by atomic mass is 10.2. The number of aromatic amines is 1. The third-order valence-corrected chi connectivity index (χ3v) is 3.32. The Hall–Kier alpha value is -1.15. The average molecular weight is 377 g/mol. The van der Waals surface area contributed by atoms with E-state index >= 15 is 0 Å². The zero-order valence-corrected chi connectivity index (χ0v) is 12.7. The zero-order chi connectivity index (χ0) is 13.0. The molecule has 18 heavy (non-hydrogen) atoms. The molecular formula is C10H11Br2N5O. The van der Waals surface area contributed by atoms with Gasteiger partial charge in [0, 0.05) is 6.54 Å². The fraction of sp³-hybridized carbons (Fsp3) is 0.300. The Balaban J connectivity index is 2.10. The number of benzene rings is 1. The van der Waals surface area contributed by atoms with E-state index in [2.05, 4.69) is 57.8 Å². The summed E-state index contributed by atoms with van der Waals surface area (Å²) in [7, 11) is 0. The van der Waals surface area contributed by atoms with Crippen LogP contribution < -0.4 is 10.1 Å². The van der Waals surface area contributed by atoms with Crippen molar-refractivity contribution in [2.24, 2.45) is 0 Å². The van der Waals surface area contributed by atoms with Crippen LogP contribution in [0, 0.1) is 0 Å². The topological polar surface area (TPSA) is 75.7 Å². The van der Waals surface area contributed by atoms with E-state index in [9.17, 15) is 0 Å². The summed E-state index contributed by atoms with van der Waals surface area (Å²) < 4.78 is 7.33. The van der Waals surface area contributed by atoms with Gasteiger partial charge in [-0.1, -0.05) is 5.10 Å². The van der Waals surface area contributed by atoms with E-state index in [0.29, 0.717) is 19.1 Å². The Bertz CT molecular complexity index is 494. The summed E-state index contributed by atoms with van der Waals surface area (Å²) in [5.74, 6) is 1.27. The molecule has 1 aromatic carbocycles. The monoisotopic (exact) mass is 375 g/mol. The molecule has 2 rings (SSSR count). The minimum atomic E-state index is 0.469. The molecule has 1 aromatic heterocycles. The van der Waals surface area contributed by atoms with Crippen molar-refractivity contribution in [3.63, 3.8) is 0 Å². The van der Waals surface area contributed by atoms with Crippen LogP contribution in [0.5, 0.6) is 5.75 Å². The van der Waals surface area contributed by atoms with Crippen molar-refractivity contribution < 1.29 is 4.74 Å². The quantitative estimate of drug-likeness (QED) is 0.839. The molecule has 0 saturated heterocycles. The van der Waals surface area contributed by atoms with Gasteiger partial charge in [-0.2, -0.15) is 5.21 Å². The van der Waals surface area contributed by atoms with Crippen molar-refractivity contribution in [1.29, 1.82) is 0 Å². The standard InChI is InChI=1S/C10H11Br2N5O/c1-2-18-9-7(11)3-6(4-8(9)12)5-13-10-14-16-17-15-10/h3-4H,2,5H2,1H3,(H2,13,14,15,16,17). The maximum Gasteiger partial charge on any atom is 0.263 e. The van der Waals surface area contributed by atoms with Crippen LogP contribution in [-0.2, 0) is 6.54 Å². The Labute approximate surface area is 121 Å². The van der Waals surface area contributed by atoms with Crippen LogP contribution in [0.3, 0.4) is 0 Å². The Morgan fingerprint density at radius 3 is 2.61 bits per heavy atom. The molecule has 2 N–H and O–H groups in total. The van der Waals surface area contributed by atoms with Crippen LogP contribution in [0.15, 0.2) is 21.1 Å². The maximum absolute atomic E-state index is 5.52. The van der Waals surface area contributed by atoms with Gasteiger partial charge in [0.2, 0.25) is 0 Å². The average Bonchev–Trinajstić information content (AvgIpc) is 2.84. The number of aromatic nitrogens is 4. The molecule has 0 radical (unpaired) electrons. The number of nitrogens with zero attached hydrogens (tertiary/aromatic N) is 3. The molecule has 0 amide bonds. The number of rotatable bonds is 5. The molecule has 0 fully saturated rings. The van der Waals surface area contributed by atoms with Gasteiger partial charge in [-0.25, -0.2) is 0 Å². The lowest BCUT2D eigenvalue weighted by Crippen LogP contribution is -2.02. The van der Waals surface area contributed by atoms with Crippen molar-refractivity contribution in [2.45, 2.75) is 13.5 Å². The lowest BCUT2D eigenvalue weighted by Gasteiger charge is -2.11. The van der Waals surface area contributed by atoms with Gasteiger partial charge in [-0.15, -0.1) is 5.10 Å². The highest BCUT2D eigenvalue weighted by Crippen LogP contribution is 2.34. The summed E-state index contributed by atoms with van der Waals surface area (Å²) in [5.41, 5.74) is 1.07. The number of ether oxygens (including phenoxy) is 1. The molecule has 96 valence electrons. The second kappa shape index (κ2) is 6.14. The first kappa shape index (κ1) is 13.3. The molecule has 0 spiro atoms. The minimum Gasteiger partial charge on any atom is -0.492 e. The molecular weight excluding hydrogens is 366 g/mol. The molecule has 0 atom stereocenters. The van der Waals surface area contributed by atoms with Crippen LogP contribution in [0.4, 0.5) is 5.95 Å². The summed E-state index contributed by atoms with van der Waals surface area (Å²) in [6.45, 7) is 3.17. The van der Waals surface area contributed by atoms with Crippen LogP contribution in [0.25, 0.3) is 0 Å². The van der Waals surface area contributed by atoms with Gasteiger partial charge in [-0.05, 0) is 61.7 Å². The van der Waals surface area contributed by atoms with Gasteiger partial charge in [0.05, 0.1) is 15.6 Å². The molecule has 0 unspecified atom stereocenters. The van der Waals surface area contributed by atoms with Crippen molar-refractivity contribution in [2.75, 3.05) is 11.9 Å². The van der Waals surface area contributed by atoms with E-state index in [1.165, 1.54) is 0 Å². The first-order valence-corrected chi connectivity index (χ1v) is 6.87. The second-order valence-electron chi connectivity index (χ2n) is 3.41. The number of hydrogen-bond donors (Lipinski definition) is 2. The first-order chi connectivity index (χ1) is 8.70. The molecule has 0 saturated carbocycles. The summed E-state index contributed by atoms with van der Waals surface area (Å²) in [6.07, 6.45) is 0.